The number of rotatable bonds is 8. The van der Waals surface area contributed by atoms with Crippen molar-refractivity contribution in [3.8, 4) is 11.8 Å². The van der Waals surface area contributed by atoms with E-state index in [-0.39, 0.29) is 36.7 Å². The van der Waals surface area contributed by atoms with Crippen molar-refractivity contribution in [1.29, 1.82) is 0 Å². The number of carbonyl (C=O) groups is 4. The number of nitrogens with one attached hydrogen (secondary N) is 1. The predicted octanol–water partition coefficient (Wildman–Crippen LogP) is 11.7. The fraction of sp³-hybridized carbons (Fsp3) is 0.630. The standard InChI is InChI=1S/C19H24N2O3.C14H23NO3.C5H8.C4H10.2C2H6/c1-6-14(2)7-8-15-9-10-16(20-13-15)21-17(22)11-12-18(23)24-19(3,4)5;1-5-11(16)12-10-8-9(10)6-7-15(12)13(17)18-14(2,3)4;1-4-5(2)3;1-3-4-2;2*1-2/h6,9-10,13H,11-12H2,1-5H3,(H,20,21,22);9-10,12H,5-8H2,1-4H3;4H,1-2H2,3H3;3-4H2,1-2H3;2*1-2H3/b14-6+;;;;;/t;9?,10-,12?;;;;/m.1..../s1. The van der Waals surface area contributed by atoms with Gasteiger partial charge in [0.25, 0.3) is 0 Å². The third-order valence-electron chi connectivity index (χ3n) is 7.46. The Kier molecular flexibility index (Phi) is 30.2. The van der Waals surface area contributed by atoms with Crippen LogP contribution in [0.4, 0.5) is 10.6 Å². The zero-order valence-corrected chi connectivity index (χ0v) is 37.5. The van der Waals surface area contributed by atoms with Crippen molar-refractivity contribution in [3.63, 3.8) is 0 Å². The quantitative estimate of drug-likeness (QED) is 0.159. The van der Waals surface area contributed by atoms with E-state index in [1.54, 1.807) is 50.1 Å². The third kappa shape index (κ3) is 28.0. The number of hydrogen-bond donors (Lipinski definition) is 1. The first-order valence-electron chi connectivity index (χ1n) is 20.1. The molecule has 2 heterocycles. The van der Waals surface area contributed by atoms with Crippen molar-refractivity contribution in [1.82, 2.24) is 9.88 Å². The van der Waals surface area contributed by atoms with Gasteiger partial charge in [0.1, 0.15) is 17.0 Å². The van der Waals surface area contributed by atoms with Crippen molar-refractivity contribution in [2.75, 3.05) is 11.9 Å². The lowest BCUT2D eigenvalue weighted by Crippen LogP contribution is -2.51. The molecule has 0 radical (unpaired) electrons. The van der Waals surface area contributed by atoms with E-state index in [0.717, 1.165) is 29.6 Å². The molecule has 0 bridgehead atoms. The lowest BCUT2D eigenvalue weighted by molar-refractivity contribution is -0.155. The Labute approximate surface area is 336 Å². The predicted molar refractivity (Wildman–Crippen MR) is 231 cm³/mol. The molecule has 2 amide bonds. The second kappa shape index (κ2) is 30.1. The van der Waals surface area contributed by atoms with Gasteiger partial charge < -0.3 is 14.8 Å². The van der Waals surface area contributed by atoms with Crippen molar-refractivity contribution in [3.05, 3.63) is 60.3 Å². The van der Waals surface area contributed by atoms with E-state index < -0.39 is 17.2 Å². The third-order valence-corrected chi connectivity index (χ3v) is 7.46. The monoisotopic (exact) mass is 768 g/mol. The van der Waals surface area contributed by atoms with Crippen LogP contribution in [0.3, 0.4) is 0 Å². The number of ether oxygens (including phenoxy) is 2. The number of carbonyl (C=O) groups excluding carboxylic acids is 4. The smallest absolute Gasteiger partial charge is 0.410 e. The van der Waals surface area contributed by atoms with Crippen molar-refractivity contribution in [2.45, 2.75) is 173 Å². The molecule has 0 aromatic carbocycles. The van der Waals surface area contributed by atoms with Crippen molar-refractivity contribution in [2.24, 2.45) is 11.8 Å². The number of likely N-dealkylation sites (tertiary alicyclic amines) is 1. The maximum Gasteiger partial charge on any atom is 0.410 e. The van der Waals surface area contributed by atoms with Gasteiger partial charge in [-0.2, -0.15) is 0 Å². The van der Waals surface area contributed by atoms with Crippen LogP contribution in [0.25, 0.3) is 0 Å². The van der Waals surface area contributed by atoms with E-state index in [1.807, 2.05) is 82.2 Å². The minimum absolute atomic E-state index is 0.0370. The number of amides is 2. The molecule has 1 aromatic heterocycles. The van der Waals surface area contributed by atoms with E-state index in [2.05, 4.69) is 49.1 Å². The highest BCUT2D eigenvalue weighted by Gasteiger charge is 2.52. The van der Waals surface area contributed by atoms with Crippen LogP contribution in [-0.4, -0.2) is 57.4 Å². The Morgan fingerprint density at radius 1 is 0.945 bits per heavy atom. The molecule has 9 nitrogen and oxygen atoms in total. The highest BCUT2D eigenvalue weighted by Crippen LogP contribution is 2.49. The molecule has 312 valence electrons. The number of fused-ring (bicyclic) bond motifs is 1. The fourth-order valence-electron chi connectivity index (χ4n) is 4.41. The summed E-state index contributed by atoms with van der Waals surface area (Å²) in [5, 5.41) is 2.65. The van der Waals surface area contributed by atoms with E-state index >= 15 is 0 Å². The van der Waals surface area contributed by atoms with Crippen LogP contribution in [0.5, 0.6) is 0 Å². The summed E-state index contributed by atoms with van der Waals surface area (Å²) in [6, 6.07) is 3.23. The number of anilines is 1. The molecule has 1 saturated carbocycles. The van der Waals surface area contributed by atoms with E-state index in [9.17, 15) is 19.2 Å². The highest BCUT2D eigenvalue weighted by molar-refractivity contribution is 5.91. The summed E-state index contributed by atoms with van der Waals surface area (Å²) in [7, 11) is 0. The zero-order valence-electron chi connectivity index (χ0n) is 37.5. The average Bonchev–Trinajstić information content (AvgIpc) is 3.94. The maximum atomic E-state index is 12.2. The molecule has 2 fully saturated rings. The summed E-state index contributed by atoms with van der Waals surface area (Å²) < 4.78 is 10.6. The van der Waals surface area contributed by atoms with Crippen LogP contribution in [0.15, 0.2) is 54.8 Å². The van der Waals surface area contributed by atoms with Crippen LogP contribution in [0, 0.1) is 23.7 Å². The summed E-state index contributed by atoms with van der Waals surface area (Å²) >= 11 is 0. The first-order valence-corrected chi connectivity index (χ1v) is 20.1. The van der Waals surface area contributed by atoms with Gasteiger partial charge in [0.2, 0.25) is 5.91 Å². The summed E-state index contributed by atoms with van der Waals surface area (Å²) in [5.74, 6) is 6.95. The number of Topliss-reactive ketones (excluding diaryl/α,β-unsaturated/α-hetero) is 1. The molecule has 1 aliphatic heterocycles. The Bertz CT molecular complexity index is 1390. The molecule has 1 N–H and O–H groups in total. The van der Waals surface area contributed by atoms with Crippen molar-refractivity contribution >= 4 is 29.6 Å². The number of aromatic nitrogens is 1. The number of allylic oxidation sites excluding steroid dienone is 4. The topological polar surface area (TPSA) is 115 Å². The maximum absolute atomic E-state index is 12.2. The molecule has 1 aromatic rings. The molecule has 1 saturated heterocycles. The van der Waals surface area contributed by atoms with Crippen LogP contribution >= 0.6 is 0 Å². The minimum atomic E-state index is -0.544. The van der Waals surface area contributed by atoms with Gasteiger partial charge in [0, 0.05) is 31.1 Å². The first-order chi connectivity index (χ1) is 25.7. The summed E-state index contributed by atoms with van der Waals surface area (Å²) in [4.78, 5) is 53.4. The number of piperidine rings is 1. The van der Waals surface area contributed by atoms with Gasteiger partial charge in [0.15, 0.2) is 5.78 Å². The molecule has 9 heteroatoms. The second-order valence-electron chi connectivity index (χ2n) is 14.7. The van der Waals surface area contributed by atoms with Crippen LogP contribution in [-0.2, 0) is 23.9 Å². The van der Waals surface area contributed by atoms with E-state index in [4.69, 9.17) is 9.47 Å². The van der Waals surface area contributed by atoms with Gasteiger partial charge >= 0.3 is 12.1 Å². The molecule has 3 atom stereocenters. The number of unbranched alkanes of at least 4 members (excludes halogenated alkanes) is 1. The van der Waals surface area contributed by atoms with E-state index in [0.29, 0.717) is 30.6 Å². The lowest BCUT2D eigenvalue weighted by atomic mass is 9.97. The highest BCUT2D eigenvalue weighted by atomic mass is 16.6. The number of ketones is 1. The van der Waals surface area contributed by atoms with Crippen LogP contribution < -0.4 is 5.32 Å². The molecular formula is C46H77N3O6. The van der Waals surface area contributed by atoms with Gasteiger partial charge in [-0.3, -0.25) is 19.3 Å². The molecule has 1 aliphatic carbocycles. The summed E-state index contributed by atoms with van der Waals surface area (Å²) in [6.45, 7) is 38.6. The second-order valence-corrected chi connectivity index (χ2v) is 14.7. The molecule has 2 unspecified atom stereocenters. The summed E-state index contributed by atoms with van der Waals surface area (Å²) in [5.41, 5.74) is 1.72. The van der Waals surface area contributed by atoms with Crippen molar-refractivity contribution < 1.29 is 28.7 Å². The molecular weight excluding hydrogens is 691 g/mol. The summed E-state index contributed by atoms with van der Waals surface area (Å²) in [6.07, 6.45) is 10.2. The molecule has 2 aliphatic rings. The van der Waals surface area contributed by atoms with Gasteiger partial charge in [-0.05, 0) is 105 Å². The number of esters is 1. The normalized spacial score (nSPS) is 16.3. The van der Waals surface area contributed by atoms with Crippen LogP contribution in [0.1, 0.15) is 161 Å². The first kappa shape index (κ1) is 55.1. The Morgan fingerprint density at radius 3 is 1.91 bits per heavy atom. The largest absolute Gasteiger partial charge is 0.460 e. The average molecular weight is 768 g/mol. The fourth-order valence-corrected chi connectivity index (χ4v) is 4.41. The minimum Gasteiger partial charge on any atom is -0.460 e. The van der Waals surface area contributed by atoms with Gasteiger partial charge in [0.05, 0.1) is 12.5 Å². The SMILES string of the molecule is C/C=C(\C)C#Cc1ccc(NC(=O)CCC(=O)OC(C)(C)C)nc1.C=CC(=C)C.CC.CC.CCC(=O)C1[C@@H]2CC2CCN1C(=O)OC(C)(C)C.CCCC. The van der Waals surface area contributed by atoms with Crippen LogP contribution in [0.2, 0.25) is 0 Å². The van der Waals surface area contributed by atoms with E-state index in [1.165, 1.54) is 12.8 Å². The van der Waals surface area contributed by atoms with Gasteiger partial charge in [-0.25, -0.2) is 9.78 Å². The lowest BCUT2D eigenvalue weighted by Gasteiger charge is -2.35. The number of hydrogen-bond acceptors (Lipinski definition) is 7. The van der Waals surface area contributed by atoms with Gasteiger partial charge in [-0.1, -0.05) is 104 Å². The molecule has 0 spiro atoms. The molecule has 55 heavy (non-hydrogen) atoms. The van der Waals surface area contributed by atoms with Gasteiger partial charge in [-0.15, -0.1) is 0 Å². The zero-order chi connectivity index (χ0) is 43.4. The Hall–Kier alpha value is -4.19. The molecule has 3 rings (SSSR count). The number of pyridine rings is 1. The Balaban J connectivity index is -0.000000761. The number of nitrogens with zero attached hydrogens (tertiary/aromatic N) is 2. The Morgan fingerprint density at radius 2 is 1.49 bits per heavy atom.